The zero-order valence-electron chi connectivity index (χ0n) is 20.7. The Morgan fingerprint density at radius 3 is 2.21 bits per heavy atom. The van der Waals surface area contributed by atoms with Crippen molar-refractivity contribution < 1.29 is 23.9 Å². The Morgan fingerprint density at radius 1 is 0.971 bits per heavy atom. The van der Waals surface area contributed by atoms with Crippen LogP contribution in [0.3, 0.4) is 0 Å². The second-order valence-electron chi connectivity index (χ2n) is 10.1. The number of carbonyl (C=O) groups is 3. The number of amides is 2. The molecule has 0 radical (unpaired) electrons. The first-order valence-corrected chi connectivity index (χ1v) is 11.0. The third-order valence-electron chi connectivity index (χ3n) is 4.78. The SMILES string of the molecule is CN(CC1=Cc2cccc3cccc(c23)C1=O)/C(=N\C(=O)OC(C)(C)C)NC(=O)OC(C)(C)C. The van der Waals surface area contributed by atoms with Crippen LogP contribution in [0.5, 0.6) is 0 Å². The molecule has 2 amide bonds. The Kier molecular flexibility index (Phi) is 6.82. The Balaban J connectivity index is 1.90. The zero-order chi connectivity index (χ0) is 25.3. The summed E-state index contributed by atoms with van der Waals surface area (Å²) < 4.78 is 10.6. The van der Waals surface area contributed by atoms with Crippen LogP contribution in [-0.4, -0.2) is 53.6 Å². The number of carbonyl (C=O) groups excluding carboxylic acids is 3. The summed E-state index contributed by atoms with van der Waals surface area (Å²) in [4.78, 5) is 43.5. The van der Waals surface area contributed by atoms with E-state index in [1.807, 2.05) is 36.4 Å². The van der Waals surface area contributed by atoms with E-state index in [0.29, 0.717) is 11.1 Å². The first kappa shape index (κ1) is 25.0. The molecular weight excluding hydrogens is 434 g/mol. The molecule has 0 heterocycles. The van der Waals surface area contributed by atoms with E-state index >= 15 is 0 Å². The van der Waals surface area contributed by atoms with Crippen LogP contribution in [0, 0.1) is 0 Å². The van der Waals surface area contributed by atoms with Gasteiger partial charge < -0.3 is 14.4 Å². The normalized spacial score (nSPS) is 13.9. The molecule has 8 heteroatoms. The van der Waals surface area contributed by atoms with Gasteiger partial charge in [-0.05, 0) is 58.6 Å². The van der Waals surface area contributed by atoms with Gasteiger partial charge >= 0.3 is 12.2 Å². The van der Waals surface area contributed by atoms with Crippen LogP contribution in [0.2, 0.25) is 0 Å². The smallest absolute Gasteiger partial charge is 0.437 e. The number of likely N-dealkylation sites (N-methyl/N-ethyl adjacent to an activating group) is 1. The maximum atomic E-state index is 13.2. The van der Waals surface area contributed by atoms with Gasteiger partial charge in [0.05, 0.1) is 0 Å². The average molecular weight is 466 g/mol. The van der Waals surface area contributed by atoms with Gasteiger partial charge in [0.25, 0.3) is 0 Å². The fourth-order valence-electron chi connectivity index (χ4n) is 3.53. The van der Waals surface area contributed by atoms with Gasteiger partial charge in [0.15, 0.2) is 5.78 Å². The number of hydrogen-bond acceptors (Lipinski definition) is 5. The molecule has 0 saturated heterocycles. The average Bonchev–Trinajstić information content (AvgIpc) is 2.68. The van der Waals surface area contributed by atoms with E-state index in [-0.39, 0.29) is 18.3 Å². The largest absolute Gasteiger partial charge is 0.444 e. The van der Waals surface area contributed by atoms with E-state index in [2.05, 4.69) is 10.3 Å². The second kappa shape index (κ2) is 9.29. The number of guanidine groups is 1. The minimum absolute atomic E-state index is 0.0886. The molecule has 0 unspecified atom stereocenters. The predicted octanol–water partition coefficient (Wildman–Crippen LogP) is 5.17. The van der Waals surface area contributed by atoms with Gasteiger partial charge in [0.1, 0.15) is 11.2 Å². The molecule has 3 rings (SSSR count). The van der Waals surface area contributed by atoms with Crippen LogP contribution in [0.4, 0.5) is 9.59 Å². The Hall–Kier alpha value is -3.68. The molecule has 0 atom stereocenters. The van der Waals surface area contributed by atoms with Crippen molar-refractivity contribution >= 4 is 40.8 Å². The monoisotopic (exact) mass is 465 g/mol. The van der Waals surface area contributed by atoms with E-state index in [1.165, 1.54) is 4.90 Å². The number of alkyl carbamates (subject to hydrolysis) is 1. The topological polar surface area (TPSA) is 97.3 Å². The summed E-state index contributed by atoms with van der Waals surface area (Å²) in [6, 6.07) is 11.5. The summed E-state index contributed by atoms with van der Waals surface area (Å²) in [5.41, 5.74) is 0.535. The lowest BCUT2D eigenvalue weighted by Gasteiger charge is -2.26. The fraction of sp³-hybridized carbons (Fsp3) is 0.385. The number of aliphatic imine (C=N–C) groups is 1. The number of nitrogens with zero attached hydrogens (tertiary/aromatic N) is 2. The molecule has 0 saturated carbocycles. The molecule has 0 spiro atoms. The molecule has 1 N–H and O–H groups in total. The van der Waals surface area contributed by atoms with Crippen LogP contribution in [-0.2, 0) is 9.47 Å². The lowest BCUT2D eigenvalue weighted by molar-refractivity contribution is 0.0556. The number of rotatable bonds is 2. The van der Waals surface area contributed by atoms with Gasteiger partial charge in [0, 0.05) is 30.1 Å². The van der Waals surface area contributed by atoms with Crippen molar-refractivity contribution in [1.29, 1.82) is 0 Å². The summed E-state index contributed by atoms with van der Waals surface area (Å²) >= 11 is 0. The van der Waals surface area contributed by atoms with Crippen molar-refractivity contribution in [3.63, 3.8) is 0 Å². The molecule has 1 aliphatic rings. The summed E-state index contributed by atoms with van der Waals surface area (Å²) in [6.07, 6.45) is 0.178. The van der Waals surface area contributed by atoms with Gasteiger partial charge in [0.2, 0.25) is 5.96 Å². The van der Waals surface area contributed by atoms with Crippen LogP contribution >= 0.6 is 0 Å². The predicted molar refractivity (Wildman–Crippen MR) is 132 cm³/mol. The van der Waals surface area contributed by atoms with E-state index in [9.17, 15) is 14.4 Å². The molecule has 2 aromatic rings. The summed E-state index contributed by atoms with van der Waals surface area (Å²) in [5, 5.41) is 4.41. The number of ether oxygens (including phenoxy) is 2. The van der Waals surface area contributed by atoms with Gasteiger partial charge in [-0.3, -0.25) is 10.1 Å². The fourth-order valence-corrected chi connectivity index (χ4v) is 3.53. The van der Waals surface area contributed by atoms with Crippen molar-refractivity contribution in [3.05, 3.63) is 53.1 Å². The third-order valence-corrected chi connectivity index (χ3v) is 4.78. The molecule has 0 fully saturated rings. The first-order chi connectivity index (χ1) is 15.7. The highest BCUT2D eigenvalue weighted by atomic mass is 16.6. The highest BCUT2D eigenvalue weighted by Gasteiger charge is 2.26. The van der Waals surface area contributed by atoms with Crippen LogP contribution in [0.1, 0.15) is 57.5 Å². The van der Waals surface area contributed by atoms with E-state index in [1.54, 1.807) is 54.7 Å². The second-order valence-corrected chi connectivity index (χ2v) is 10.1. The van der Waals surface area contributed by atoms with E-state index in [4.69, 9.17) is 9.47 Å². The molecule has 1 aliphatic carbocycles. The molecule has 8 nitrogen and oxygen atoms in total. The molecule has 0 aliphatic heterocycles. The lowest BCUT2D eigenvalue weighted by Crippen LogP contribution is -2.46. The number of benzene rings is 2. The molecular formula is C26H31N3O5. The molecule has 0 bridgehead atoms. The third kappa shape index (κ3) is 6.21. The minimum Gasteiger partial charge on any atom is -0.444 e. The maximum Gasteiger partial charge on any atom is 0.437 e. The van der Waals surface area contributed by atoms with Crippen LogP contribution in [0.15, 0.2) is 47.0 Å². The van der Waals surface area contributed by atoms with Crippen molar-refractivity contribution in [1.82, 2.24) is 10.2 Å². The molecule has 34 heavy (non-hydrogen) atoms. The Bertz CT molecular complexity index is 1190. The van der Waals surface area contributed by atoms with Gasteiger partial charge in [-0.1, -0.05) is 36.4 Å². The maximum absolute atomic E-state index is 13.2. The number of hydrogen-bond donors (Lipinski definition) is 1. The summed E-state index contributed by atoms with van der Waals surface area (Å²) in [7, 11) is 1.62. The molecule has 180 valence electrons. The first-order valence-electron chi connectivity index (χ1n) is 11.0. The highest BCUT2D eigenvalue weighted by Crippen LogP contribution is 2.31. The van der Waals surface area contributed by atoms with E-state index < -0.39 is 23.4 Å². The van der Waals surface area contributed by atoms with Crippen LogP contribution < -0.4 is 5.32 Å². The van der Waals surface area contributed by atoms with Gasteiger partial charge in [-0.25, -0.2) is 9.59 Å². The quantitative estimate of drug-likeness (QED) is 0.486. The minimum atomic E-state index is -0.871. The van der Waals surface area contributed by atoms with Crippen molar-refractivity contribution in [2.45, 2.75) is 52.7 Å². The molecule has 2 aromatic carbocycles. The van der Waals surface area contributed by atoms with Crippen molar-refractivity contribution in [3.8, 4) is 0 Å². The Labute approximate surface area is 199 Å². The number of ketones is 1. The summed E-state index contributed by atoms with van der Waals surface area (Å²) in [5.74, 6) is -0.209. The van der Waals surface area contributed by atoms with Gasteiger partial charge in [-0.2, -0.15) is 0 Å². The van der Waals surface area contributed by atoms with Gasteiger partial charge in [-0.15, -0.1) is 4.99 Å². The van der Waals surface area contributed by atoms with E-state index in [0.717, 1.165) is 16.3 Å². The standard InChI is InChI=1S/C26H31N3O5/c1-25(2,3)33-23(31)27-22(28-24(32)34-26(4,5)6)29(7)15-18-14-17-12-8-10-16-11-9-13-19(20(16)17)21(18)30/h8-14H,15H2,1-7H3,(H,27,28,31,32). The van der Waals surface area contributed by atoms with Crippen molar-refractivity contribution in [2.24, 2.45) is 4.99 Å². The summed E-state index contributed by atoms with van der Waals surface area (Å²) in [6.45, 7) is 10.4. The zero-order valence-corrected chi connectivity index (χ0v) is 20.7. The highest BCUT2D eigenvalue weighted by molar-refractivity contribution is 6.23. The van der Waals surface area contributed by atoms with Crippen LogP contribution in [0.25, 0.3) is 16.8 Å². The molecule has 0 aromatic heterocycles. The Morgan fingerprint density at radius 2 is 1.59 bits per heavy atom. The number of nitrogens with one attached hydrogen (secondary N) is 1. The lowest BCUT2D eigenvalue weighted by atomic mass is 9.88. The van der Waals surface area contributed by atoms with Crippen molar-refractivity contribution in [2.75, 3.05) is 13.6 Å². The number of Topliss-reactive ketones (excluding diaryl/α,β-unsaturated/α-hetero) is 1.